The van der Waals surface area contributed by atoms with Crippen LogP contribution in [0.1, 0.15) is 23.1 Å². The molecule has 2 aliphatic rings. The molecule has 50 heavy (non-hydrogen) atoms. The van der Waals surface area contributed by atoms with E-state index in [4.69, 9.17) is 21.4 Å². The molecule has 0 aliphatic carbocycles. The Bertz CT molecular complexity index is 2330. The molecular formula is C39H29ClN4O5S. The Hall–Kier alpha value is -5.76. The quantitative estimate of drug-likeness (QED) is 0.131. The third-order valence-electron chi connectivity index (χ3n) is 8.69. The zero-order valence-corrected chi connectivity index (χ0v) is 28.1. The molecule has 0 saturated carbocycles. The van der Waals surface area contributed by atoms with Crippen LogP contribution < -0.4 is 4.74 Å². The van der Waals surface area contributed by atoms with Gasteiger partial charge in [0, 0.05) is 33.5 Å². The van der Waals surface area contributed by atoms with Crippen molar-refractivity contribution in [3.05, 3.63) is 148 Å². The van der Waals surface area contributed by atoms with Crippen molar-refractivity contribution < 1.29 is 22.7 Å². The molecule has 0 radical (unpaired) electrons. The number of sulfone groups is 1. The summed E-state index contributed by atoms with van der Waals surface area (Å²) in [6.45, 7) is 0.286. The Morgan fingerprint density at radius 2 is 1.56 bits per heavy atom. The number of para-hydroxylation sites is 1. The molecule has 5 aromatic rings. The van der Waals surface area contributed by atoms with Gasteiger partial charge in [-0.05, 0) is 60.5 Å². The van der Waals surface area contributed by atoms with Crippen molar-refractivity contribution in [3.8, 4) is 28.8 Å². The van der Waals surface area contributed by atoms with Gasteiger partial charge in [0.1, 0.15) is 24.0 Å². The van der Waals surface area contributed by atoms with E-state index in [1.54, 1.807) is 47.3 Å². The highest BCUT2D eigenvalue weighted by molar-refractivity contribution is 7.91. The number of carbonyl (C=O) groups excluding carboxylic acids is 2. The smallest absolute Gasteiger partial charge is 0.272 e. The van der Waals surface area contributed by atoms with Crippen LogP contribution in [0, 0.1) is 11.3 Å². The topological polar surface area (TPSA) is 122 Å². The number of benzene rings is 4. The molecule has 3 heterocycles. The summed E-state index contributed by atoms with van der Waals surface area (Å²) in [5.74, 6) is -1.34. The van der Waals surface area contributed by atoms with E-state index in [1.807, 2.05) is 84.9 Å². The molecular weight excluding hydrogens is 672 g/mol. The number of amides is 2. The Balaban J connectivity index is 1.35. The Kier molecular flexibility index (Phi) is 8.93. The maximum atomic E-state index is 14.4. The monoisotopic (exact) mass is 700 g/mol. The molecule has 4 aromatic carbocycles. The minimum atomic E-state index is -3.45. The highest BCUT2D eigenvalue weighted by Crippen LogP contribution is 2.38. The second kappa shape index (κ2) is 13.6. The van der Waals surface area contributed by atoms with Crippen molar-refractivity contribution in [1.29, 1.82) is 5.26 Å². The largest absolute Gasteiger partial charge is 0.489 e. The summed E-state index contributed by atoms with van der Waals surface area (Å²) < 4.78 is 32.5. The van der Waals surface area contributed by atoms with Crippen molar-refractivity contribution in [2.24, 2.45) is 0 Å². The van der Waals surface area contributed by atoms with E-state index in [0.29, 0.717) is 27.6 Å². The fourth-order valence-electron chi connectivity index (χ4n) is 6.22. The molecule has 248 valence electrons. The summed E-state index contributed by atoms with van der Waals surface area (Å²) >= 11 is 6.30. The third kappa shape index (κ3) is 6.49. The first kappa shape index (κ1) is 32.8. The van der Waals surface area contributed by atoms with Crippen LogP contribution in [0.5, 0.6) is 5.75 Å². The summed E-state index contributed by atoms with van der Waals surface area (Å²) in [4.78, 5) is 29.1. The van der Waals surface area contributed by atoms with Gasteiger partial charge in [-0.2, -0.15) is 10.4 Å². The van der Waals surface area contributed by atoms with Crippen LogP contribution in [-0.4, -0.2) is 52.5 Å². The summed E-state index contributed by atoms with van der Waals surface area (Å²) in [5.41, 5.74) is 3.97. The molecule has 0 N–H and O–H groups in total. The van der Waals surface area contributed by atoms with Gasteiger partial charge < -0.3 is 4.74 Å². The summed E-state index contributed by atoms with van der Waals surface area (Å²) in [5, 5.41) is 15.8. The van der Waals surface area contributed by atoms with E-state index in [2.05, 4.69) is 0 Å². The summed E-state index contributed by atoms with van der Waals surface area (Å²) in [6.07, 6.45) is 3.52. The number of hydrogen-bond acceptors (Lipinski definition) is 7. The number of ether oxygens (including phenoxy) is 1. The first-order valence-corrected chi connectivity index (χ1v) is 18.0. The average Bonchev–Trinajstić information content (AvgIpc) is 3.72. The first-order valence-electron chi connectivity index (χ1n) is 15.8. The first-order chi connectivity index (χ1) is 24.2. The van der Waals surface area contributed by atoms with Gasteiger partial charge in [0.05, 0.1) is 34.5 Å². The molecule has 2 amide bonds. The fourth-order valence-corrected chi connectivity index (χ4v) is 8.11. The summed E-state index contributed by atoms with van der Waals surface area (Å²) in [6, 6.07) is 34.2. The van der Waals surface area contributed by atoms with Crippen molar-refractivity contribution in [2.75, 3.05) is 11.5 Å². The minimum absolute atomic E-state index is 0.0882. The van der Waals surface area contributed by atoms with Crippen LogP contribution in [-0.2, 0) is 26.0 Å². The number of halogens is 1. The van der Waals surface area contributed by atoms with E-state index >= 15 is 0 Å². The maximum Gasteiger partial charge on any atom is 0.272 e. The zero-order valence-electron chi connectivity index (χ0n) is 26.6. The Labute approximate surface area is 294 Å². The number of nitrogens with zero attached hydrogens (tertiary/aromatic N) is 4. The number of hydrogen-bond donors (Lipinski definition) is 0. The lowest BCUT2D eigenvalue weighted by atomic mass is 9.86. The van der Waals surface area contributed by atoms with E-state index in [1.165, 1.54) is 0 Å². The highest BCUT2D eigenvalue weighted by atomic mass is 35.5. The van der Waals surface area contributed by atoms with E-state index in [-0.39, 0.29) is 41.3 Å². The lowest BCUT2D eigenvalue weighted by Gasteiger charge is -2.32. The van der Waals surface area contributed by atoms with Gasteiger partial charge in [-0.25, -0.2) is 13.1 Å². The summed E-state index contributed by atoms with van der Waals surface area (Å²) in [7, 11) is -3.45. The Morgan fingerprint density at radius 1 is 0.880 bits per heavy atom. The van der Waals surface area contributed by atoms with E-state index < -0.39 is 27.7 Å². The van der Waals surface area contributed by atoms with Crippen LogP contribution in [0.25, 0.3) is 28.6 Å². The van der Waals surface area contributed by atoms with Crippen molar-refractivity contribution in [2.45, 2.75) is 19.1 Å². The van der Waals surface area contributed by atoms with Crippen LogP contribution in [0.4, 0.5) is 0 Å². The SMILES string of the molecule is N#CC1=C(c2ccccc2)/C(=C/c2cn(-c3ccccc3)nc2-c2ccc(OCc3ccccc3Cl)cc2)C(=O)N(C2CCS(=O)(=O)C2)C1=O. The van der Waals surface area contributed by atoms with E-state index in [9.17, 15) is 23.3 Å². The van der Waals surface area contributed by atoms with E-state index in [0.717, 1.165) is 21.7 Å². The van der Waals surface area contributed by atoms with Gasteiger partial charge in [0.15, 0.2) is 9.84 Å². The molecule has 1 atom stereocenters. The molecule has 2 aliphatic heterocycles. The number of rotatable bonds is 8. The van der Waals surface area contributed by atoms with Gasteiger partial charge in [0.2, 0.25) is 0 Å². The highest BCUT2D eigenvalue weighted by Gasteiger charge is 2.45. The fraction of sp³-hybridized carbons (Fsp3) is 0.128. The number of carbonyl (C=O) groups is 2. The number of aromatic nitrogens is 2. The van der Waals surface area contributed by atoms with Gasteiger partial charge in [-0.15, -0.1) is 0 Å². The van der Waals surface area contributed by atoms with Crippen LogP contribution in [0.2, 0.25) is 5.02 Å². The van der Waals surface area contributed by atoms with Crippen LogP contribution >= 0.6 is 11.6 Å². The molecule has 1 aromatic heterocycles. The van der Waals surface area contributed by atoms with Crippen molar-refractivity contribution in [1.82, 2.24) is 14.7 Å². The molecule has 0 spiro atoms. The van der Waals surface area contributed by atoms with Gasteiger partial charge in [-0.3, -0.25) is 14.5 Å². The molecule has 1 fully saturated rings. The molecule has 9 nitrogen and oxygen atoms in total. The van der Waals surface area contributed by atoms with Gasteiger partial charge in [0.25, 0.3) is 11.8 Å². The lowest BCUT2D eigenvalue weighted by Crippen LogP contribution is -2.49. The molecule has 1 unspecified atom stereocenters. The molecule has 1 saturated heterocycles. The molecule has 0 bridgehead atoms. The Morgan fingerprint density at radius 3 is 2.22 bits per heavy atom. The number of imide groups is 1. The second-order valence-electron chi connectivity index (χ2n) is 11.9. The zero-order chi connectivity index (χ0) is 34.8. The lowest BCUT2D eigenvalue weighted by molar-refractivity contribution is -0.142. The predicted molar refractivity (Wildman–Crippen MR) is 191 cm³/mol. The third-order valence-corrected chi connectivity index (χ3v) is 10.8. The van der Waals surface area contributed by atoms with Gasteiger partial charge >= 0.3 is 0 Å². The average molecular weight is 701 g/mol. The number of nitriles is 1. The molecule has 11 heteroatoms. The molecule has 7 rings (SSSR count). The van der Waals surface area contributed by atoms with Crippen LogP contribution in [0.3, 0.4) is 0 Å². The second-order valence-corrected chi connectivity index (χ2v) is 14.6. The van der Waals surface area contributed by atoms with Crippen LogP contribution in [0.15, 0.2) is 127 Å². The van der Waals surface area contributed by atoms with Crippen molar-refractivity contribution in [3.63, 3.8) is 0 Å². The van der Waals surface area contributed by atoms with Crippen molar-refractivity contribution >= 4 is 44.9 Å². The van der Waals surface area contributed by atoms with Gasteiger partial charge in [-0.1, -0.05) is 78.3 Å². The minimum Gasteiger partial charge on any atom is -0.489 e. The standard InChI is InChI=1S/C39H29ClN4O5S/c40-35-14-8-7-11-28(35)24-49-32-17-15-27(16-18-32)37-29(23-43(42-37)30-12-5-2-6-13-30)21-33-36(26-9-3-1-4-10-26)34(22-41)39(46)44(38(33)45)31-19-20-50(47,48)25-31/h1-18,21,23,31H,19-20,24-25H2/b33-21-. The predicted octanol–water partition coefficient (Wildman–Crippen LogP) is 6.69. The normalized spacial score (nSPS) is 18.0. The maximum absolute atomic E-state index is 14.4.